The standard InChI is InChI=1S/C11H15NO.Cr/c1-12(2)8-9-13-10-11-6-4-3-5-7-11;/h3-7H,9-10H2,1-2H3;. The van der Waals surface area contributed by atoms with Crippen molar-refractivity contribution in [2.75, 3.05) is 20.7 Å². The van der Waals surface area contributed by atoms with Gasteiger partial charge in [0.05, 0.1) is 0 Å². The third-order valence-corrected chi connectivity index (χ3v) is 2.59. The van der Waals surface area contributed by atoms with E-state index < -0.39 is 0 Å². The maximum absolute atomic E-state index is 5.53. The van der Waals surface area contributed by atoms with Gasteiger partial charge in [0.2, 0.25) is 0 Å². The van der Waals surface area contributed by atoms with Gasteiger partial charge in [-0.05, 0) is 0 Å². The van der Waals surface area contributed by atoms with Crippen molar-refractivity contribution in [2.45, 2.75) is 6.61 Å². The fourth-order valence-electron chi connectivity index (χ4n) is 0.960. The third-order valence-electron chi connectivity index (χ3n) is 1.84. The molecular weight excluding hydrogens is 214 g/mol. The predicted octanol–water partition coefficient (Wildman–Crippen LogP) is 1.44. The van der Waals surface area contributed by atoms with Crippen LogP contribution in [0.15, 0.2) is 30.3 Å². The van der Waals surface area contributed by atoms with Crippen molar-refractivity contribution in [3.63, 3.8) is 0 Å². The normalized spacial score (nSPS) is 10.5. The van der Waals surface area contributed by atoms with E-state index in [1.165, 1.54) is 5.56 Å². The zero-order valence-electron chi connectivity index (χ0n) is 8.56. The van der Waals surface area contributed by atoms with Crippen molar-refractivity contribution in [1.82, 2.24) is 4.90 Å². The van der Waals surface area contributed by atoms with E-state index in [1.807, 2.05) is 37.2 Å². The van der Waals surface area contributed by atoms with Crippen LogP contribution in [-0.2, 0) is 27.2 Å². The molecule has 0 aliphatic carbocycles. The van der Waals surface area contributed by atoms with E-state index in [-0.39, 0.29) is 0 Å². The first-order chi connectivity index (χ1) is 6.70. The summed E-state index contributed by atoms with van der Waals surface area (Å²) in [5, 5.41) is 0. The molecule has 0 spiro atoms. The summed E-state index contributed by atoms with van der Waals surface area (Å²) < 4.78 is 6.64. The summed E-state index contributed by atoms with van der Waals surface area (Å²) in [5.41, 5.74) is 1.21. The Balaban J connectivity index is 2.26. The first-order valence-corrected chi connectivity index (χ1v) is 5.15. The Morgan fingerprint density at radius 2 is 1.93 bits per heavy atom. The van der Waals surface area contributed by atoms with E-state index in [0.29, 0.717) is 13.2 Å². The van der Waals surface area contributed by atoms with Crippen LogP contribution in [-0.4, -0.2) is 30.1 Å². The summed E-state index contributed by atoms with van der Waals surface area (Å²) in [7, 11) is 4.00. The average Bonchev–Trinajstić information content (AvgIpc) is 2.19. The fourth-order valence-corrected chi connectivity index (χ4v) is 1.09. The van der Waals surface area contributed by atoms with E-state index in [2.05, 4.69) is 28.0 Å². The van der Waals surface area contributed by atoms with Crippen LogP contribution in [0.3, 0.4) is 0 Å². The molecule has 14 heavy (non-hydrogen) atoms. The summed E-state index contributed by atoms with van der Waals surface area (Å²) >= 11 is 2.98. The van der Waals surface area contributed by atoms with Gasteiger partial charge in [-0.25, -0.2) is 0 Å². The summed E-state index contributed by atoms with van der Waals surface area (Å²) in [6, 6.07) is 10.2. The average molecular weight is 229 g/mol. The van der Waals surface area contributed by atoms with Crippen molar-refractivity contribution in [3.8, 4) is 0 Å². The Bertz CT molecular complexity index is 285. The van der Waals surface area contributed by atoms with Gasteiger partial charge in [0.15, 0.2) is 0 Å². The Kier molecular flexibility index (Phi) is 5.07. The van der Waals surface area contributed by atoms with Gasteiger partial charge >= 0.3 is 93.2 Å². The first-order valence-electron chi connectivity index (χ1n) is 4.52. The van der Waals surface area contributed by atoms with Crippen LogP contribution in [0.4, 0.5) is 0 Å². The van der Waals surface area contributed by atoms with Crippen molar-refractivity contribution >= 4 is 4.50 Å². The topological polar surface area (TPSA) is 12.5 Å². The monoisotopic (exact) mass is 229 g/mol. The molecule has 3 heteroatoms. The number of rotatable bonds is 5. The molecule has 0 saturated carbocycles. The molecule has 1 rings (SSSR count). The van der Waals surface area contributed by atoms with Crippen molar-refractivity contribution < 1.29 is 20.6 Å². The molecule has 0 radical (unpaired) electrons. The number of ether oxygens (including phenoxy) is 1. The number of likely N-dealkylation sites (N-methyl/N-ethyl adjacent to an activating group) is 1. The van der Waals surface area contributed by atoms with Crippen LogP contribution < -0.4 is 0 Å². The van der Waals surface area contributed by atoms with Gasteiger partial charge in [0, 0.05) is 0 Å². The predicted molar refractivity (Wildman–Crippen MR) is 54.8 cm³/mol. The van der Waals surface area contributed by atoms with Gasteiger partial charge in [-0.3, -0.25) is 0 Å². The molecule has 0 amide bonds. The Labute approximate surface area is 93.5 Å². The van der Waals surface area contributed by atoms with E-state index in [0.717, 1.165) is 4.50 Å². The quantitative estimate of drug-likeness (QED) is 0.757. The molecule has 76 valence electrons. The molecule has 2 nitrogen and oxygen atoms in total. The Hall–Kier alpha value is -0.458. The van der Waals surface area contributed by atoms with Gasteiger partial charge in [-0.15, -0.1) is 0 Å². The van der Waals surface area contributed by atoms with Gasteiger partial charge < -0.3 is 0 Å². The van der Waals surface area contributed by atoms with Crippen LogP contribution in [0.25, 0.3) is 0 Å². The van der Waals surface area contributed by atoms with Crippen LogP contribution in [0, 0.1) is 0 Å². The third kappa shape index (κ3) is 4.17. The summed E-state index contributed by atoms with van der Waals surface area (Å²) in [4.78, 5) is 2.02. The second-order valence-electron chi connectivity index (χ2n) is 3.27. The molecule has 0 aliphatic rings. The molecule has 0 saturated heterocycles. The number of hydrogen-bond donors (Lipinski definition) is 0. The zero-order valence-corrected chi connectivity index (χ0v) is 9.84. The van der Waals surface area contributed by atoms with Crippen LogP contribution in [0.5, 0.6) is 0 Å². The molecule has 0 aromatic heterocycles. The SMILES string of the molecule is CN(C)[C](=[Cr])COCc1ccccc1. The fraction of sp³-hybridized carbons (Fsp3) is 0.364. The van der Waals surface area contributed by atoms with Crippen LogP contribution >= 0.6 is 0 Å². The molecule has 1 aromatic rings. The molecule has 0 bridgehead atoms. The number of nitrogens with zero attached hydrogens (tertiary/aromatic N) is 1. The number of benzene rings is 1. The van der Waals surface area contributed by atoms with Crippen LogP contribution in [0.2, 0.25) is 0 Å². The summed E-state index contributed by atoms with van der Waals surface area (Å²) in [6.45, 7) is 1.31. The van der Waals surface area contributed by atoms with E-state index in [4.69, 9.17) is 4.74 Å². The first kappa shape index (κ1) is 11.6. The summed E-state index contributed by atoms with van der Waals surface area (Å²) in [6.07, 6.45) is 0. The van der Waals surface area contributed by atoms with Gasteiger partial charge in [-0.2, -0.15) is 0 Å². The molecule has 0 fully saturated rings. The van der Waals surface area contributed by atoms with Crippen molar-refractivity contribution in [2.24, 2.45) is 0 Å². The Morgan fingerprint density at radius 1 is 1.29 bits per heavy atom. The second-order valence-corrected chi connectivity index (χ2v) is 4.00. The summed E-state index contributed by atoms with van der Waals surface area (Å²) in [5.74, 6) is 0. The second kappa shape index (κ2) is 6.11. The van der Waals surface area contributed by atoms with Crippen LogP contribution in [0.1, 0.15) is 5.56 Å². The molecule has 0 heterocycles. The molecular formula is C11H15CrNO. The van der Waals surface area contributed by atoms with Gasteiger partial charge in [0.25, 0.3) is 0 Å². The minimum absolute atomic E-state index is 0.641. The van der Waals surface area contributed by atoms with Crippen molar-refractivity contribution in [1.29, 1.82) is 0 Å². The molecule has 0 aliphatic heterocycles. The van der Waals surface area contributed by atoms with E-state index >= 15 is 0 Å². The molecule has 0 N–H and O–H groups in total. The van der Waals surface area contributed by atoms with Gasteiger partial charge in [-0.1, -0.05) is 0 Å². The molecule has 0 unspecified atom stereocenters. The Morgan fingerprint density at radius 3 is 2.50 bits per heavy atom. The van der Waals surface area contributed by atoms with E-state index in [1.54, 1.807) is 0 Å². The van der Waals surface area contributed by atoms with E-state index in [9.17, 15) is 0 Å². The van der Waals surface area contributed by atoms with Gasteiger partial charge in [0.1, 0.15) is 0 Å². The zero-order chi connectivity index (χ0) is 10.4. The molecule has 0 atom stereocenters. The number of hydrogen-bond acceptors (Lipinski definition) is 2. The van der Waals surface area contributed by atoms with Crippen molar-refractivity contribution in [3.05, 3.63) is 35.9 Å². The molecule has 1 aromatic carbocycles. The maximum atomic E-state index is 5.53. The minimum atomic E-state index is 0.641.